The van der Waals surface area contributed by atoms with Crippen LogP contribution >= 0.6 is 0 Å². The average molecular weight is 459 g/mol. The third-order valence-corrected chi connectivity index (χ3v) is 5.93. The van der Waals surface area contributed by atoms with Crippen LogP contribution in [0.25, 0.3) is 0 Å². The van der Waals surface area contributed by atoms with E-state index in [-0.39, 0.29) is 30.2 Å². The first kappa shape index (κ1) is 24.5. The fourth-order valence-corrected chi connectivity index (χ4v) is 3.86. The molecular formula is C24H34N4O5. The summed E-state index contributed by atoms with van der Waals surface area (Å²) < 4.78 is 5.31. The maximum Gasteiger partial charge on any atom is 0.408 e. The number of amides is 4. The Morgan fingerprint density at radius 3 is 2.30 bits per heavy atom. The molecule has 1 atom stereocenters. The Bertz CT molecular complexity index is 819. The monoisotopic (exact) mass is 458 g/mol. The molecule has 1 saturated carbocycles. The van der Waals surface area contributed by atoms with E-state index in [4.69, 9.17) is 4.74 Å². The maximum absolute atomic E-state index is 13.2. The first-order valence-corrected chi connectivity index (χ1v) is 11.7. The van der Waals surface area contributed by atoms with Gasteiger partial charge in [0.05, 0.1) is 0 Å². The summed E-state index contributed by atoms with van der Waals surface area (Å²) in [6.45, 7) is 4.07. The van der Waals surface area contributed by atoms with Crippen molar-refractivity contribution in [3.63, 3.8) is 0 Å². The zero-order chi connectivity index (χ0) is 23.6. The number of nitrogens with zero attached hydrogens (tertiary/aromatic N) is 2. The quantitative estimate of drug-likeness (QED) is 0.519. The molecule has 1 aliphatic heterocycles. The number of hydrogen-bond donors (Lipinski definition) is 2. The highest BCUT2D eigenvalue weighted by atomic mass is 16.5. The molecule has 2 N–H and O–H groups in total. The van der Waals surface area contributed by atoms with Crippen LogP contribution in [0.4, 0.5) is 4.79 Å². The normalized spacial score (nSPS) is 16.6. The molecule has 9 nitrogen and oxygen atoms in total. The van der Waals surface area contributed by atoms with Gasteiger partial charge in [-0.2, -0.15) is 0 Å². The summed E-state index contributed by atoms with van der Waals surface area (Å²) >= 11 is 0. The first-order chi connectivity index (χ1) is 15.9. The van der Waals surface area contributed by atoms with Crippen molar-refractivity contribution < 1.29 is 23.9 Å². The molecule has 0 radical (unpaired) electrons. The van der Waals surface area contributed by atoms with E-state index in [0.29, 0.717) is 52.0 Å². The number of carbonyl (C=O) groups is 4. The predicted octanol–water partition coefficient (Wildman–Crippen LogP) is 1.67. The summed E-state index contributed by atoms with van der Waals surface area (Å²) in [5.41, 5.74) is 0.863. The highest BCUT2D eigenvalue weighted by Crippen LogP contribution is 2.31. The van der Waals surface area contributed by atoms with E-state index in [1.807, 2.05) is 35.2 Å². The van der Waals surface area contributed by atoms with Crippen molar-refractivity contribution in [3.8, 4) is 0 Å². The van der Waals surface area contributed by atoms with Gasteiger partial charge < -0.3 is 25.2 Å². The van der Waals surface area contributed by atoms with Crippen LogP contribution in [-0.2, 0) is 25.7 Å². The minimum atomic E-state index is -0.712. The van der Waals surface area contributed by atoms with Crippen LogP contribution < -0.4 is 10.6 Å². The highest BCUT2D eigenvalue weighted by molar-refractivity contribution is 5.86. The Morgan fingerprint density at radius 1 is 1.00 bits per heavy atom. The van der Waals surface area contributed by atoms with Gasteiger partial charge in [0.2, 0.25) is 17.7 Å². The first-order valence-electron chi connectivity index (χ1n) is 11.7. The number of piperazine rings is 1. The number of ether oxygens (including phenoxy) is 1. The summed E-state index contributed by atoms with van der Waals surface area (Å²) in [6.07, 6.45) is 3.10. The van der Waals surface area contributed by atoms with E-state index in [1.165, 1.54) is 6.92 Å². The predicted molar refractivity (Wildman–Crippen MR) is 122 cm³/mol. The fourth-order valence-electron chi connectivity index (χ4n) is 3.86. The van der Waals surface area contributed by atoms with E-state index >= 15 is 0 Å². The van der Waals surface area contributed by atoms with E-state index in [9.17, 15) is 19.2 Å². The Labute approximate surface area is 194 Å². The second-order valence-corrected chi connectivity index (χ2v) is 8.66. The Morgan fingerprint density at radius 2 is 1.67 bits per heavy atom. The number of alkyl carbamates (subject to hydrolysis) is 1. The Balaban J connectivity index is 1.51. The van der Waals surface area contributed by atoms with Crippen LogP contribution in [-0.4, -0.2) is 72.4 Å². The van der Waals surface area contributed by atoms with Gasteiger partial charge in [0.15, 0.2) is 0 Å². The molecule has 1 aromatic carbocycles. The third-order valence-electron chi connectivity index (χ3n) is 5.93. The summed E-state index contributed by atoms with van der Waals surface area (Å²) in [5.74, 6) is 0.109. The van der Waals surface area contributed by atoms with Crippen molar-refractivity contribution in [2.45, 2.75) is 51.7 Å². The molecule has 33 heavy (non-hydrogen) atoms. The summed E-state index contributed by atoms with van der Waals surface area (Å²) in [4.78, 5) is 52.5. The van der Waals surface area contributed by atoms with E-state index < -0.39 is 12.1 Å². The molecule has 2 fully saturated rings. The topological polar surface area (TPSA) is 108 Å². The SMILES string of the molecule is CC(=O)NCCCC[C@H](NC(=O)OCc1ccccc1)C(=O)N1CCN(C(=O)C2CC2)CC1. The van der Waals surface area contributed by atoms with Crippen LogP contribution in [0.1, 0.15) is 44.6 Å². The van der Waals surface area contributed by atoms with Gasteiger partial charge in [0.25, 0.3) is 0 Å². The number of hydrogen-bond acceptors (Lipinski definition) is 5. The van der Waals surface area contributed by atoms with Gasteiger partial charge in [-0.05, 0) is 37.7 Å². The lowest BCUT2D eigenvalue weighted by molar-refractivity contribution is -0.141. The maximum atomic E-state index is 13.2. The lowest BCUT2D eigenvalue weighted by Crippen LogP contribution is -2.56. The minimum Gasteiger partial charge on any atom is -0.445 e. The molecule has 180 valence electrons. The van der Waals surface area contributed by atoms with Crippen LogP contribution in [0.15, 0.2) is 30.3 Å². The summed E-state index contributed by atoms with van der Waals surface area (Å²) in [6, 6.07) is 8.63. The van der Waals surface area contributed by atoms with Crippen molar-refractivity contribution in [2.24, 2.45) is 5.92 Å². The second kappa shape index (κ2) is 12.2. The molecule has 1 heterocycles. The molecule has 9 heteroatoms. The largest absolute Gasteiger partial charge is 0.445 e. The summed E-state index contributed by atoms with van der Waals surface area (Å²) in [7, 11) is 0. The molecule has 1 aromatic rings. The number of carbonyl (C=O) groups excluding carboxylic acids is 4. The zero-order valence-corrected chi connectivity index (χ0v) is 19.3. The van der Waals surface area contributed by atoms with Gasteiger partial charge in [0, 0.05) is 45.6 Å². The van der Waals surface area contributed by atoms with Crippen molar-refractivity contribution in [2.75, 3.05) is 32.7 Å². The molecule has 4 amide bonds. The van der Waals surface area contributed by atoms with Gasteiger partial charge in [-0.1, -0.05) is 30.3 Å². The molecule has 1 aliphatic carbocycles. The van der Waals surface area contributed by atoms with E-state index in [0.717, 1.165) is 18.4 Å². The number of unbranched alkanes of at least 4 members (excludes halogenated alkanes) is 1. The van der Waals surface area contributed by atoms with Crippen LogP contribution in [0.2, 0.25) is 0 Å². The smallest absolute Gasteiger partial charge is 0.408 e. The third kappa shape index (κ3) is 8.07. The molecule has 0 unspecified atom stereocenters. The van der Waals surface area contributed by atoms with Crippen molar-refractivity contribution in [1.82, 2.24) is 20.4 Å². The van der Waals surface area contributed by atoms with E-state index in [1.54, 1.807) is 4.90 Å². The molecule has 3 rings (SSSR count). The van der Waals surface area contributed by atoms with Gasteiger partial charge >= 0.3 is 6.09 Å². The molecular weight excluding hydrogens is 424 g/mol. The summed E-state index contributed by atoms with van der Waals surface area (Å²) in [5, 5.41) is 5.46. The molecule has 2 aliphatic rings. The minimum absolute atomic E-state index is 0.0937. The molecule has 0 bridgehead atoms. The van der Waals surface area contributed by atoms with Crippen LogP contribution in [0.5, 0.6) is 0 Å². The van der Waals surface area contributed by atoms with Gasteiger partial charge in [-0.3, -0.25) is 14.4 Å². The standard InChI is InChI=1S/C24H34N4O5/c1-18(29)25-12-6-5-9-21(26-24(32)33-17-19-7-3-2-4-8-19)23(31)28-15-13-27(14-16-28)22(30)20-10-11-20/h2-4,7-8,20-21H,5-6,9-17H2,1H3,(H,25,29)(H,26,32)/t21-/m0/s1. The molecule has 0 spiro atoms. The van der Waals surface area contributed by atoms with Crippen molar-refractivity contribution >= 4 is 23.8 Å². The van der Waals surface area contributed by atoms with Crippen LogP contribution in [0, 0.1) is 5.92 Å². The second-order valence-electron chi connectivity index (χ2n) is 8.66. The van der Waals surface area contributed by atoms with Gasteiger partial charge in [-0.25, -0.2) is 4.79 Å². The number of nitrogens with one attached hydrogen (secondary N) is 2. The van der Waals surface area contributed by atoms with Crippen LogP contribution in [0.3, 0.4) is 0 Å². The number of rotatable bonds is 10. The highest BCUT2D eigenvalue weighted by Gasteiger charge is 2.36. The van der Waals surface area contributed by atoms with Gasteiger partial charge in [-0.15, -0.1) is 0 Å². The molecule has 0 aromatic heterocycles. The Hall–Kier alpha value is -3.10. The zero-order valence-electron chi connectivity index (χ0n) is 19.3. The van der Waals surface area contributed by atoms with Crippen molar-refractivity contribution in [1.29, 1.82) is 0 Å². The fraction of sp³-hybridized carbons (Fsp3) is 0.583. The molecule has 1 saturated heterocycles. The lowest BCUT2D eigenvalue weighted by atomic mass is 10.1. The average Bonchev–Trinajstić information content (AvgIpc) is 3.67. The number of benzene rings is 1. The lowest BCUT2D eigenvalue weighted by Gasteiger charge is -2.36. The Kier molecular flexibility index (Phi) is 9.09. The van der Waals surface area contributed by atoms with Crippen molar-refractivity contribution in [3.05, 3.63) is 35.9 Å². The van der Waals surface area contributed by atoms with E-state index in [2.05, 4.69) is 10.6 Å². The van der Waals surface area contributed by atoms with Gasteiger partial charge in [0.1, 0.15) is 12.6 Å².